The molecule has 2 aliphatic heterocycles. The fourth-order valence-corrected chi connectivity index (χ4v) is 5.15. The number of anilines is 3. The summed E-state index contributed by atoms with van der Waals surface area (Å²) in [5.41, 5.74) is 5.74. The molecule has 1 aromatic carbocycles. The van der Waals surface area contributed by atoms with Gasteiger partial charge in [-0.1, -0.05) is 6.07 Å². The molecule has 0 aliphatic carbocycles. The van der Waals surface area contributed by atoms with Gasteiger partial charge in [-0.3, -0.25) is 4.79 Å². The Labute approximate surface area is 218 Å². The fourth-order valence-electron chi connectivity index (χ4n) is 5.15. The van der Waals surface area contributed by atoms with E-state index in [1.165, 1.54) is 0 Å². The Bertz CT molecular complexity index is 1630. The Hall–Kier alpha value is -4.44. The Morgan fingerprint density at radius 3 is 2.71 bits per heavy atom. The van der Waals surface area contributed by atoms with E-state index >= 15 is 0 Å². The van der Waals surface area contributed by atoms with Crippen molar-refractivity contribution in [1.29, 1.82) is 0 Å². The molecule has 4 aromatic heterocycles. The van der Waals surface area contributed by atoms with Gasteiger partial charge in [0.1, 0.15) is 16.9 Å². The summed E-state index contributed by atoms with van der Waals surface area (Å²) in [5.74, 6) is -0.282. The highest BCUT2D eigenvalue weighted by atomic mass is 16.5. The molecule has 38 heavy (non-hydrogen) atoms. The number of hydrogen-bond acceptors (Lipinski definition) is 8. The van der Waals surface area contributed by atoms with Crippen LogP contribution in [0.5, 0.6) is 0 Å². The SMILES string of the molecule is O=C(Nc1cc2oc(N3CCOCC3)nc2cc1N1CCCC1)c1cccc(-c2cnc3[nH]ccc3c2)n1. The van der Waals surface area contributed by atoms with Crippen molar-refractivity contribution in [3.05, 3.63) is 60.6 Å². The van der Waals surface area contributed by atoms with Crippen molar-refractivity contribution in [1.82, 2.24) is 19.9 Å². The summed E-state index contributed by atoms with van der Waals surface area (Å²) in [5, 5.41) is 4.10. The van der Waals surface area contributed by atoms with Crippen molar-refractivity contribution < 1.29 is 13.9 Å². The first-order valence-electron chi connectivity index (χ1n) is 13.0. The van der Waals surface area contributed by atoms with Crippen LogP contribution in [0.4, 0.5) is 17.4 Å². The van der Waals surface area contributed by atoms with Gasteiger partial charge in [-0.05, 0) is 43.2 Å². The average Bonchev–Trinajstić information content (AvgIpc) is 3.73. The number of ether oxygens (including phenoxy) is 1. The van der Waals surface area contributed by atoms with E-state index in [-0.39, 0.29) is 5.91 Å². The zero-order valence-corrected chi connectivity index (χ0v) is 20.8. The predicted molar refractivity (Wildman–Crippen MR) is 146 cm³/mol. The number of H-pyrrole nitrogens is 1. The third kappa shape index (κ3) is 4.22. The highest BCUT2D eigenvalue weighted by Gasteiger charge is 2.23. The molecule has 0 bridgehead atoms. The summed E-state index contributed by atoms with van der Waals surface area (Å²) in [6.07, 6.45) is 5.85. The fraction of sp³-hybridized carbons (Fsp3) is 0.286. The molecule has 0 radical (unpaired) electrons. The van der Waals surface area contributed by atoms with Gasteiger partial charge in [0, 0.05) is 55.6 Å². The van der Waals surface area contributed by atoms with Gasteiger partial charge in [0.25, 0.3) is 11.9 Å². The van der Waals surface area contributed by atoms with Crippen LogP contribution in [0.3, 0.4) is 0 Å². The number of oxazole rings is 1. The highest BCUT2D eigenvalue weighted by Crippen LogP contribution is 2.35. The van der Waals surface area contributed by atoms with Crippen molar-refractivity contribution in [2.75, 3.05) is 54.5 Å². The molecule has 2 fully saturated rings. The quantitative estimate of drug-likeness (QED) is 0.357. The van der Waals surface area contributed by atoms with E-state index in [1.54, 1.807) is 12.3 Å². The summed E-state index contributed by atoms with van der Waals surface area (Å²) < 4.78 is 11.6. The van der Waals surface area contributed by atoms with Gasteiger partial charge in [-0.25, -0.2) is 9.97 Å². The number of aromatic amines is 1. The summed E-state index contributed by atoms with van der Waals surface area (Å²) in [7, 11) is 0. The maximum absolute atomic E-state index is 13.4. The molecule has 0 unspecified atom stereocenters. The smallest absolute Gasteiger partial charge is 0.298 e. The van der Waals surface area contributed by atoms with Gasteiger partial charge in [-0.15, -0.1) is 0 Å². The number of morpholine rings is 1. The molecular weight excluding hydrogens is 482 g/mol. The van der Waals surface area contributed by atoms with Gasteiger partial charge >= 0.3 is 0 Å². The number of pyridine rings is 2. The molecule has 2 N–H and O–H groups in total. The van der Waals surface area contributed by atoms with E-state index in [9.17, 15) is 4.79 Å². The number of carbonyl (C=O) groups is 1. The minimum absolute atomic E-state index is 0.282. The molecule has 2 saturated heterocycles. The lowest BCUT2D eigenvalue weighted by molar-refractivity contribution is 0.102. The van der Waals surface area contributed by atoms with E-state index in [0.717, 1.165) is 66.8 Å². The number of benzene rings is 1. The van der Waals surface area contributed by atoms with Gasteiger partial charge in [0.05, 0.1) is 30.3 Å². The van der Waals surface area contributed by atoms with E-state index in [1.807, 2.05) is 42.6 Å². The number of nitrogens with one attached hydrogen (secondary N) is 2. The molecular formula is C28H27N7O3. The van der Waals surface area contributed by atoms with Crippen molar-refractivity contribution in [2.24, 2.45) is 0 Å². The van der Waals surface area contributed by atoms with Crippen LogP contribution in [0.2, 0.25) is 0 Å². The monoisotopic (exact) mass is 509 g/mol. The van der Waals surface area contributed by atoms with Crippen molar-refractivity contribution in [3.63, 3.8) is 0 Å². The standard InChI is InChI=1S/C28H27N7O3/c36-27(21-5-3-4-20(31-21)19-14-18-6-7-29-26(18)30-17-19)32-22-16-25-23(15-24(22)34-8-1-2-9-34)33-28(38-25)35-10-12-37-13-11-35/h3-7,14-17H,1-2,8-13H2,(H,29,30)(H,32,36). The second-order valence-corrected chi connectivity index (χ2v) is 9.63. The molecule has 0 spiro atoms. The van der Waals surface area contributed by atoms with E-state index in [2.05, 4.69) is 30.1 Å². The Balaban J connectivity index is 1.21. The largest absolute Gasteiger partial charge is 0.423 e. The van der Waals surface area contributed by atoms with Crippen molar-refractivity contribution in [3.8, 4) is 11.3 Å². The molecule has 0 atom stereocenters. The average molecular weight is 510 g/mol. The third-order valence-electron chi connectivity index (χ3n) is 7.15. The molecule has 0 saturated carbocycles. The van der Waals surface area contributed by atoms with Gasteiger partial charge in [0.15, 0.2) is 5.58 Å². The van der Waals surface area contributed by atoms with Crippen LogP contribution >= 0.6 is 0 Å². The number of aromatic nitrogens is 4. The van der Waals surface area contributed by atoms with Crippen molar-refractivity contribution >= 4 is 45.4 Å². The topological polar surface area (TPSA) is 112 Å². The van der Waals surface area contributed by atoms with E-state index in [4.69, 9.17) is 14.1 Å². The van der Waals surface area contributed by atoms with Crippen LogP contribution in [0, 0.1) is 0 Å². The Morgan fingerprint density at radius 2 is 1.84 bits per heavy atom. The van der Waals surface area contributed by atoms with E-state index < -0.39 is 0 Å². The molecule has 5 aromatic rings. The zero-order chi connectivity index (χ0) is 25.5. The molecule has 10 heteroatoms. The number of nitrogens with zero attached hydrogens (tertiary/aromatic N) is 5. The first-order valence-corrected chi connectivity index (χ1v) is 13.0. The minimum Gasteiger partial charge on any atom is -0.423 e. The Kier molecular flexibility index (Phi) is 5.66. The Morgan fingerprint density at radius 1 is 0.974 bits per heavy atom. The summed E-state index contributed by atoms with van der Waals surface area (Å²) >= 11 is 0. The first kappa shape index (κ1) is 22.7. The number of carbonyl (C=O) groups excluding carboxylic acids is 1. The van der Waals surface area contributed by atoms with Crippen LogP contribution in [0.25, 0.3) is 33.4 Å². The summed E-state index contributed by atoms with van der Waals surface area (Å²) in [6, 6.07) is 13.9. The van der Waals surface area contributed by atoms with Crippen LogP contribution in [-0.2, 0) is 4.74 Å². The predicted octanol–water partition coefficient (Wildman–Crippen LogP) is 4.46. The number of fused-ring (bicyclic) bond motifs is 2. The lowest BCUT2D eigenvalue weighted by Crippen LogP contribution is -2.36. The zero-order valence-electron chi connectivity index (χ0n) is 20.8. The summed E-state index contributed by atoms with van der Waals surface area (Å²) in [6.45, 7) is 4.66. The van der Waals surface area contributed by atoms with Crippen LogP contribution < -0.4 is 15.1 Å². The van der Waals surface area contributed by atoms with E-state index in [0.29, 0.717) is 41.9 Å². The molecule has 2 aliphatic rings. The normalized spacial score (nSPS) is 16.0. The first-order chi connectivity index (χ1) is 18.7. The molecule has 7 rings (SSSR count). The molecule has 192 valence electrons. The number of hydrogen-bond donors (Lipinski definition) is 2. The molecule has 6 heterocycles. The second-order valence-electron chi connectivity index (χ2n) is 9.63. The third-order valence-corrected chi connectivity index (χ3v) is 7.15. The molecule has 1 amide bonds. The number of amides is 1. The van der Waals surface area contributed by atoms with Crippen LogP contribution in [-0.4, -0.2) is 65.2 Å². The number of rotatable bonds is 5. The van der Waals surface area contributed by atoms with Gasteiger partial charge in [-0.2, -0.15) is 4.98 Å². The maximum atomic E-state index is 13.4. The van der Waals surface area contributed by atoms with Crippen molar-refractivity contribution in [2.45, 2.75) is 12.8 Å². The minimum atomic E-state index is -0.282. The maximum Gasteiger partial charge on any atom is 0.298 e. The second kappa shape index (κ2) is 9.46. The molecule has 10 nitrogen and oxygen atoms in total. The highest BCUT2D eigenvalue weighted by molar-refractivity contribution is 6.06. The van der Waals surface area contributed by atoms with Gasteiger partial charge < -0.3 is 29.3 Å². The van der Waals surface area contributed by atoms with Crippen LogP contribution in [0.1, 0.15) is 23.3 Å². The summed E-state index contributed by atoms with van der Waals surface area (Å²) in [4.78, 5) is 34.8. The van der Waals surface area contributed by atoms with Gasteiger partial charge in [0.2, 0.25) is 0 Å². The lowest BCUT2D eigenvalue weighted by Gasteiger charge is -2.24. The van der Waals surface area contributed by atoms with Crippen LogP contribution in [0.15, 0.2) is 59.3 Å². The lowest BCUT2D eigenvalue weighted by atomic mass is 10.1.